The van der Waals surface area contributed by atoms with Crippen LogP contribution in [0.1, 0.15) is 25.0 Å². The molecule has 3 N–H and O–H groups in total. The first kappa shape index (κ1) is 21.4. The van der Waals surface area contributed by atoms with Crippen LogP contribution >= 0.6 is 0 Å². The average Bonchev–Trinajstić information content (AvgIpc) is 2.67. The molecule has 0 radical (unpaired) electrons. The largest absolute Gasteiger partial charge is 0.443 e. The number of hydrogen-bond donors (Lipinski definition) is 2. The molecular weight excluding hydrogens is 356 g/mol. The van der Waals surface area contributed by atoms with Crippen LogP contribution in [-0.4, -0.2) is 35.1 Å². The first-order chi connectivity index (χ1) is 13.4. The van der Waals surface area contributed by atoms with E-state index in [1.165, 1.54) is 10.0 Å². The predicted octanol–water partition coefficient (Wildman–Crippen LogP) is 2.69. The highest BCUT2D eigenvalue weighted by Crippen LogP contribution is 2.04. The van der Waals surface area contributed by atoms with Crippen molar-refractivity contribution in [2.24, 2.45) is 11.8 Å². The molecule has 0 spiro atoms. The fourth-order valence-corrected chi connectivity index (χ4v) is 2.57. The lowest BCUT2D eigenvalue weighted by atomic mass is 10.2. The van der Waals surface area contributed by atoms with Crippen molar-refractivity contribution in [3.05, 3.63) is 71.8 Å². The summed E-state index contributed by atoms with van der Waals surface area (Å²) in [7, 11) is 0. The third kappa shape index (κ3) is 7.77. The van der Waals surface area contributed by atoms with Crippen molar-refractivity contribution >= 4 is 12.0 Å². The molecule has 0 fully saturated rings. The van der Waals surface area contributed by atoms with Crippen molar-refractivity contribution in [2.45, 2.75) is 27.0 Å². The van der Waals surface area contributed by atoms with Crippen molar-refractivity contribution in [3.63, 3.8) is 0 Å². The summed E-state index contributed by atoms with van der Waals surface area (Å²) in [5.41, 5.74) is 4.40. The van der Waals surface area contributed by atoms with E-state index in [9.17, 15) is 9.59 Å². The Balaban J connectivity index is 1.87. The summed E-state index contributed by atoms with van der Waals surface area (Å²) in [6, 6.07) is 19.0. The predicted molar refractivity (Wildman–Crippen MR) is 107 cm³/mol. The third-order valence-corrected chi connectivity index (χ3v) is 3.85. The maximum atomic E-state index is 12.6. The highest BCUT2D eigenvalue weighted by Gasteiger charge is 2.20. The van der Waals surface area contributed by atoms with E-state index in [4.69, 9.17) is 10.6 Å². The number of hydrazine groups is 2. The van der Waals surface area contributed by atoms with Gasteiger partial charge >= 0.3 is 6.09 Å². The molecule has 0 aliphatic carbocycles. The molecule has 0 aliphatic rings. The van der Waals surface area contributed by atoms with Crippen molar-refractivity contribution in [2.75, 3.05) is 13.1 Å². The molecule has 0 atom stereocenters. The van der Waals surface area contributed by atoms with Crippen LogP contribution in [0.2, 0.25) is 0 Å². The van der Waals surface area contributed by atoms with Gasteiger partial charge in [0.2, 0.25) is 0 Å². The molecule has 28 heavy (non-hydrogen) atoms. The Labute approximate surface area is 166 Å². The van der Waals surface area contributed by atoms with E-state index in [1.54, 1.807) is 0 Å². The van der Waals surface area contributed by atoms with Gasteiger partial charge in [0.05, 0.1) is 6.54 Å². The lowest BCUT2D eigenvalue weighted by Gasteiger charge is -2.26. The van der Waals surface area contributed by atoms with Gasteiger partial charge in [-0.2, -0.15) is 0 Å². The number of nitrogens with one attached hydrogen (secondary N) is 1. The van der Waals surface area contributed by atoms with Gasteiger partial charge in [-0.3, -0.25) is 10.6 Å². The zero-order valence-corrected chi connectivity index (χ0v) is 16.4. The molecule has 0 bridgehead atoms. The summed E-state index contributed by atoms with van der Waals surface area (Å²) in [4.78, 5) is 24.7. The molecule has 2 aromatic carbocycles. The first-order valence-corrected chi connectivity index (χ1v) is 9.25. The molecule has 0 aliphatic heterocycles. The Morgan fingerprint density at radius 3 is 2.14 bits per heavy atom. The van der Waals surface area contributed by atoms with E-state index >= 15 is 0 Å². The Morgan fingerprint density at radius 1 is 1.00 bits per heavy atom. The molecule has 7 nitrogen and oxygen atoms in total. The van der Waals surface area contributed by atoms with E-state index in [-0.39, 0.29) is 25.0 Å². The summed E-state index contributed by atoms with van der Waals surface area (Å²) >= 11 is 0. The van der Waals surface area contributed by atoms with Crippen LogP contribution in [-0.2, 0) is 22.7 Å². The lowest BCUT2D eigenvalue weighted by Crippen LogP contribution is -2.52. The first-order valence-electron chi connectivity index (χ1n) is 9.25. The number of ether oxygens (including phenoxy) is 1. The lowest BCUT2D eigenvalue weighted by molar-refractivity contribution is -0.136. The average molecular weight is 384 g/mol. The van der Waals surface area contributed by atoms with Gasteiger partial charge in [-0.05, 0) is 17.0 Å². The van der Waals surface area contributed by atoms with E-state index in [1.807, 2.05) is 74.5 Å². The summed E-state index contributed by atoms with van der Waals surface area (Å²) in [5.74, 6) is 5.85. The van der Waals surface area contributed by atoms with Gasteiger partial charge in [0.25, 0.3) is 5.91 Å². The molecule has 0 heterocycles. The number of benzene rings is 2. The second kappa shape index (κ2) is 11.1. The highest BCUT2D eigenvalue weighted by molar-refractivity contribution is 5.80. The van der Waals surface area contributed by atoms with Gasteiger partial charge in [-0.1, -0.05) is 74.5 Å². The maximum absolute atomic E-state index is 12.6. The van der Waals surface area contributed by atoms with Crippen LogP contribution < -0.4 is 11.3 Å². The van der Waals surface area contributed by atoms with Gasteiger partial charge in [-0.15, -0.1) is 0 Å². The molecule has 2 rings (SSSR count). The Hall–Kier alpha value is -2.90. The van der Waals surface area contributed by atoms with E-state index < -0.39 is 6.09 Å². The SMILES string of the molecule is CC(C)CN(NC(=O)OCc1ccccc1)C(=O)CN(N)Cc1ccccc1. The van der Waals surface area contributed by atoms with Gasteiger partial charge in [0.15, 0.2) is 0 Å². The van der Waals surface area contributed by atoms with Gasteiger partial charge < -0.3 is 4.74 Å². The fraction of sp³-hybridized carbons (Fsp3) is 0.333. The monoisotopic (exact) mass is 384 g/mol. The molecule has 0 unspecified atom stereocenters. The van der Waals surface area contributed by atoms with Crippen molar-refractivity contribution in [1.82, 2.24) is 15.4 Å². The molecular formula is C21H28N4O3. The third-order valence-electron chi connectivity index (χ3n) is 3.85. The van der Waals surface area contributed by atoms with Gasteiger partial charge in [0.1, 0.15) is 6.61 Å². The summed E-state index contributed by atoms with van der Waals surface area (Å²) in [6.07, 6.45) is -0.676. The molecule has 0 aromatic heterocycles. The van der Waals surface area contributed by atoms with Gasteiger partial charge in [0, 0.05) is 13.1 Å². The molecule has 2 amide bonds. The second-order valence-corrected chi connectivity index (χ2v) is 6.96. The number of carbonyl (C=O) groups excluding carboxylic acids is 2. The standard InChI is InChI=1S/C21H28N4O3/c1-17(2)13-25(23-21(27)28-16-19-11-7-4-8-12-19)20(26)15-24(22)14-18-9-5-3-6-10-18/h3-12,17H,13-16,22H2,1-2H3,(H,23,27). The van der Waals surface area contributed by atoms with Crippen molar-refractivity contribution < 1.29 is 14.3 Å². The Kier molecular flexibility index (Phi) is 8.45. The quantitative estimate of drug-likeness (QED) is 0.540. The molecule has 150 valence electrons. The molecule has 0 saturated carbocycles. The number of rotatable bonds is 8. The highest BCUT2D eigenvalue weighted by atomic mass is 16.6. The van der Waals surface area contributed by atoms with Crippen LogP contribution in [0.5, 0.6) is 0 Å². The summed E-state index contributed by atoms with van der Waals surface area (Å²) < 4.78 is 5.20. The van der Waals surface area contributed by atoms with Crippen LogP contribution in [0.4, 0.5) is 4.79 Å². The topological polar surface area (TPSA) is 87.9 Å². The number of amides is 2. The van der Waals surface area contributed by atoms with Crippen molar-refractivity contribution in [1.29, 1.82) is 0 Å². The van der Waals surface area contributed by atoms with Gasteiger partial charge in [-0.25, -0.2) is 20.2 Å². The summed E-state index contributed by atoms with van der Waals surface area (Å²) in [5, 5.41) is 2.69. The smallest absolute Gasteiger partial charge is 0.426 e. The van der Waals surface area contributed by atoms with E-state index in [0.717, 1.165) is 11.1 Å². The van der Waals surface area contributed by atoms with Crippen molar-refractivity contribution in [3.8, 4) is 0 Å². The van der Waals surface area contributed by atoms with Crippen LogP contribution in [0.25, 0.3) is 0 Å². The minimum atomic E-state index is -0.676. The minimum Gasteiger partial charge on any atom is -0.443 e. The minimum absolute atomic E-state index is 0.0272. The molecule has 7 heteroatoms. The van der Waals surface area contributed by atoms with Crippen LogP contribution in [0.3, 0.4) is 0 Å². The molecule has 2 aromatic rings. The van der Waals surface area contributed by atoms with E-state index in [0.29, 0.717) is 13.1 Å². The normalized spacial score (nSPS) is 10.8. The number of nitrogens with two attached hydrogens (primary N) is 1. The molecule has 0 saturated heterocycles. The number of nitrogens with zero attached hydrogens (tertiary/aromatic N) is 2. The number of carbonyl (C=O) groups is 2. The Bertz CT molecular complexity index is 738. The second-order valence-electron chi connectivity index (χ2n) is 6.96. The summed E-state index contributed by atoms with van der Waals surface area (Å²) in [6.45, 7) is 4.82. The Morgan fingerprint density at radius 2 is 1.57 bits per heavy atom. The van der Waals surface area contributed by atoms with E-state index in [2.05, 4.69) is 5.43 Å². The zero-order valence-electron chi connectivity index (χ0n) is 16.4. The van der Waals surface area contributed by atoms with Crippen LogP contribution in [0.15, 0.2) is 60.7 Å². The van der Waals surface area contributed by atoms with Crippen LogP contribution in [0, 0.1) is 5.92 Å². The zero-order chi connectivity index (χ0) is 20.4. The fourth-order valence-electron chi connectivity index (χ4n) is 2.57. The number of hydrogen-bond acceptors (Lipinski definition) is 5. The maximum Gasteiger partial charge on any atom is 0.426 e.